The summed E-state index contributed by atoms with van der Waals surface area (Å²) >= 11 is 6.19. The van der Waals surface area contributed by atoms with Gasteiger partial charge in [0.15, 0.2) is 0 Å². The number of nitrogens with zero attached hydrogens (tertiary/aromatic N) is 3. The van der Waals surface area contributed by atoms with Crippen LogP contribution in [0.1, 0.15) is 35.2 Å². The Bertz CT molecular complexity index is 1320. The lowest BCUT2D eigenvalue weighted by Crippen LogP contribution is -2.51. The molecular weight excluding hydrogens is 596 g/mol. The minimum atomic E-state index is -4.22. The molecule has 234 valence electrons. The molecule has 2 aliphatic rings. The lowest BCUT2D eigenvalue weighted by molar-refractivity contribution is -0.138. The third-order valence-electron chi connectivity index (χ3n) is 7.39. The van der Waals surface area contributed by atoms with Gasteiger partial charge in [0.25, 0.3) is 5.91 Å². The molecule has 2 aromatic carbocycles. The number of alkyl halides is 3. The van der Waals surface area contributed by atoms with Crippen LogP contribution in [0.5, 0.6) is 0 Å². The highest BCUT2D eigenvalue weighted by molar-refractivity contribution is 6.31. The summed E-state index contributed by atoms with van der Waals surface area (Å²) in [5.74, 6) is -1.49. The van der Waals surface area contributed by atoms with E-state index in [9.17, 15) is 27.6 Å². The topological polar surface area (TPSA) is 117 Å². The molecule has 0 aromatic heterocycles. The average Bonchev–Trinajstić information content (AvgIpc) is 2.95. The van der Waals surface area contributed by atoms with E-state index < -0.39 is 36.4 Å². The summed E-state index contributed by atoms with van der Waals surface area (Å²) in [4.78, 5) is 41.6. The SMILES string of the molecule is O=C(O)NC1CCCN(C(=O)NCc2ccc(C(=O)Nc3ccc(Cl)cc3N3CCN(CCC(F)(F)F)CC3)c(F)c2)C1. The summed E-state index contributed by atoms with van der Waals surface area (Å²) in [6, 6.07) is 8.03. The third kappa shape index (κ3) is 9.35. The van der Waals surface area contributed by atoms with Crippen molar-refractivity contribution in [2.75, 3.05) is 56.0 Å². The molecule has 1 unspecified atom stereocenters. The summed E-state index contributed by atoms with van der Waals surface area (Å²) in [6.45, 7) is 2.26. The van der Waals surface area contributed by atoms with E-state index in [2.05, 4.69) is 16.0 Å². The number of carboxylic acid groups (broad SMARTS) is 1. The van der Waals surface area contributed by atoms with E-state index in [1.807, 2.05) is 4.90 Å². The predicted molar refractivity (Wildman–Crippen MR) is 153 cm³/mol. The number of benzene rings is 2. The third-order valence-corrected chi connectivity index (χ3v) is 7.63. The molecule has 2 aromatic rings. The fourth-order valence-electron chi connectivity index (χ4n) is 5.16. The second-order valence-electron chi connectivity index (χ2n) is 10.5. The number of hydrogen-bond donors (Lipinski definition) is 4. The van der Waals surface area contributed by atoms with Crippen LogP contribution in [0.25, 0.3) is 0 Å². The van der Waals surface area contributed by atoms with Gasteiger partial charge in [-0.3, -0.25) is 9.69 Å². The Kier molecular flexibility index (Phi) is 10.6. The number of rotatable bonds is 8. The Morgan fingerprint density at radius 2 is 1.77 bits per heavy atom. The first kappa shape index (κ1) is 32.1. The van der Waals surface area contributed by atoms with E-state index in [0.717, 1.165) is 6.07 Å². The number of hydrogen-bond acceptors (Lipinski definition) is 5. The Labute approximate surface area is 250 Å². The average molecular weight is 629 g/mol. The molecular formula is C28H33ClF4N6O4. The molecule has 2 saturated heterocycles. The van der Waals surface area contributed by atoms with Crippen LogP contribution in [0.4, 0.5) is 38.5 Å². The van der Waals surface area contributed by atoms with Crippen molar-refractivity contribution in [3.8, 4) is 0 Å². The first-order chi connectivity index (χ1) is 20.4. The van der Waals surface area contributed by atoms with Crippen molar-refractivity contribution in [1.29, 1.82) is 0 Å². The Morgan fingerprint density at radius 1 is 1.02 bits per heavy atom. The maximum atomic E-state index is 15.0. The monoisotopic (exact) mass is 628 g/mol. The van der Waals surface area contributed by atoms with Crippen LogP contribution in [0, 0.1) is 5.82 Å². The molecule has 0 spiro atoms. The molecule has 15 heteroatoms. The first-order valence-corrected chi connectivity index (χ1v) is 14.2. The van der Waals surface area contributed by atoms with Crippen LogP contribution < -0.4 is 20.9 Å². The molecule has 0 aliphatic carbocycles. The molecule has 4 rings (SSSR count). The quantitative estimate of drug-likeness (QED) is 0.314. The zero-order valence-electron chi connectivity index (χ0n) is 23.2. The number of urea groups is 1. The number of likely N-dealkylation sites (tertiary alicyclic amines) is 1. The van der Waals surface area contributed by atoms with Crippen molar-refractivity contribution in [3.05, 3.63) is 58.4 Å². The number of piperidine rings is 1. The highest BCUT2D eigenvalue weighted by Gasteiger charge is 2.29. The second kappa shape index (κ2) is 14.1. The lowest BCUT2D eigenvalue weighted by Gasteiger charge is -2.37. The van der Waals surface area contributed by atoms with Crippen LogP contribution in [-0.2, 0) is 6.54 Å². The van der Waals surface area contributed by atoms with Gasteiger partial charge < -0.3 is 30.9 Å². The number of carbonyl (C=O) groups excluding carboxylic acids is 2. The van der Waals surface area contributed by atoms with E-state index >= 15 is 4.39 Å². The molecule has 2 aliphatic heterocycles. The minimum absolute atomic E-state index is 0.00145. The fourth-order valence-corrected chi connectivity index (χ4v) is 5.32. The van der Waals surface area contributed by atoms with Gasteiger partial charge in [0, 0.05) is 63.4 Å². The van der Waals surface area contributed by atoms with Crippen LogP contribution in [0.3, 0.4) is 0 Å². The minimum Gasteiger partial charge on any atom is -0.465 e. The molecule has 1 atom stereocenters. The fraction of sp³-hybridized carbons (Fsp3) is 0.464. The maximum Gasteiger partial charge on any atom is 0.404 e. The largest absolute Gasteiger partial charge is 0.465 e. The summed E-state index contributed by atoms with van der Waals surface area (Å²) < 4.78 is 52.8. The maximum absolute atomic E-state index is 15.0. The van der Waals surface area contributed by atoms with Crippen LogP contribution >= 0.6 is 11.6 Å². The zero-order chi connectivity index (χ0) is 31.1. The van der Waals surface area contributed by atoms with Gasteiger partial charge in [-0.1, -0.05) is 17.7 Å². The number of piperazine rings is 1. The number of carbonyl (C=O) groups is 3. The Morgan fingerprint density at radius 3 is 2.44 bits per heavy atom. The van der Waals surface area contributed by atoms with Crippen molar-refractivity contribution in [2.24, 2.45) is 0 Å². The summed E-state index contributed by atoms with van der Waals surface area (Å²) in [7, 11) is 0. The van der Waals surface area contributed by atoms with Gasteiger partial charge in [0.2, 0.25) is 0 Å². The van der Waals surface area contributed by atoms with E-state index in [1.54, 1.807) is 23.1 Å². The molecule has 43 heavy (non-hydrogen) atoms. The molecule has 4 amide bonds. The van der Waals surface area contributed by atoms with Crippen molar-refractivity contribution in [1.82, 2.24) is 20.4 Å². The number of halogens is 5. The predicted octanol–water partition coefficient (Wildman–Crippen LogP) is 4.75. The van der Waals surface area contributed by atoms with Crippen molar-refractivity contribution in [3.63, 3.8) is 0 Å². The molecule has 4 N–H and O–H groups in total. The van der Waals surface area contributed by atoms with Crippen LogP contribution in [0.15, 0.2) is 36.4 Å². The van der Waals surface area contributed by atoms with Crippen LogP contribution in [0.2, 0.25) is 5.02 Å². The van der Waals surface area contributed by atoms with E-state index in [0.29, 0.717) is 67.5 Å². The Hall–Kier alpha value is -3.78. The van der Waals surface area contributed by atoms with Crippen molar-refractivity contribution >= 4 is 41.0 Å². The highest BCUT2D eigenvalue weighted by Crippen LogP contribution is 2.31. The van der Waals surface area contributed by atoms with Crippen molar-refractivity contribution in [2.45, 2.75) is 38.0 Å². The number of anilines is 2. The summed E-state index contributed by atoms with van der Waals surface area (Å²) in [5, 5.41) is 17.1. The molecule has 0 radical (unpaired) electrons. The summed E-state index contributed by atoms with van der Waals surface area (Å²) in [6.07, 6.45) is -4.98. The van der Waals surface area contributed by atoms with Gasteiger partial charge >= 0.3 is 18.3 Å². The standard InChI is InChI=1S/C28H33ClF4N6O4/c29-19-4-6-23(24(15-19)38-12-10-37(11-13-38)9-7-28(31,32)33)36-25(40)21-5-3-18(14-22(21)30)16-34-26(41)39-8-1-2-20(17-39)35-27(42)43/h3-6,14-15,20,35H,1-2,7-13,16-17H2,(H,34,41)(H,36,40)(H,42,43). The van der Waals surface area contributed by atoms with Gasteiger partial charge in [0.05, 0.1) is 23.4 Å². The van der Waals surface area contributed by atoms with E-state index in [4.69, 9.17) is 16.7 Å². The number of nitrogens with one attached hydrogen (secondary N) is 3. The van der Waals surface area contributed by atoms with E-state index in [1.165, 1.54) is 17.0 Å². The molecule has 0 bridgehead atoms. The van der Waals surface area contributed by atoms with Gasteiger partial charge in [-0.05, 0) is 48.7 Å². The van der Waals surface area contributed by atoms with Crippen molar-refractivity contribution < 1.29 is 37.1 Å². The first-order valence-electron chi connectivity index (χ1n) is 13.8. The molecule has 2 fully saturated rings. The van der Waals surface area contributed by atoms with Gasteiger partial charge in [0.1, 0.15) is 5.82 Å². The Balaban J connectivity index is 1.34. The van der Waals surface area contributed by atoms with Gasteiger partial charge in [-0.25, -0.2) is 14.0 Å². The second-order valence-corrected chi connectivity index (χ2v) is 11.0. The smallest absolute Gasteiger partial charge is 0.404 e. The van der Waals surface area contributed by atoms with Gasteiger partial charge in [-0.15, -0.1) is 0 Å². The lowest BCUT2D eigenvalue weighted by atomic mass is 10.1. The van der Waals surface area contributed by atoms with Gasteiger partial charge in [-0.2, -0.15) is 13.2 Å². The zero-order valence-corrected chi connectivity index (χ0v) is 24.0. The number of amides is 4. The molecule has 0 saturated carbocycles. The van der Waals surface area contributed by atoms with E-state index in [-0.39, 0.29) is 31.2 Å². The molecule has 10 nitrogen and oxygen atoms in total. The normalized spacial score (nSPS) is 17.8. The molecule has 2 heterocycles. The summed E-state index contributed by atoms with van der Waals surface area (Å²) in [5.41, 5.74) is 1.17. The van der Waals surface area contributed by atoms with Crippen LogP contribution in [-0.4, -0.2) is 91.0 Å². The highest BCUT2D eigenvalue weighted by atomic mass is 35.5.